The second kappa shape index (κ2) is 6.57. The van der Waals surface area contributed by atoms with Gasteiger partial charge in [-0.05, 0) is 50.4 Å². The van der Waals surface area contributed by atoms with Gasteiger partial charge in [0.15, 0.2) is 0 Å². The predicted octanol–water partition coefficient (Wildman–Crippen LogP) is 3.15. The smallest absolute Gasteiger partial charge is 0.123 e. The van der Waals surface area contributed by atoms with E-state index in [4.69, 9.17) is 0 Å². The van der Waals surface area contributed by atoms with E-state index in [1.165, 1.54) is 30.5 Å². The molecule has 1 N–H and O–H groups in total. The van der Waals surface area contributed by atoms with Crippen molar-refractivity contribution in [1.29, 1.82) is 0 Å². The fraction of sp³-hybridized carbons (Fsp3) is 0.538. The standard InChI is InChI=1S/C13H20FN/c1-3-13(15-2)6-4-5-11-7-9-12(14)10-8-11/h7-10,13,15H,3-6H2,1-2H3. The van der Waals surface area contributed by atoms with E-state index < -0.39 is 0 Å². The van der Waals surface area contributed by atoms with E-state index in [2.05, 4.69) is 12.2 Å². The Morgan fingerprint density at radius 1 is 1.27 bits per heavy atom. The van der Waals surface area contributed by atoms with Gasteiger partial charge in [0.05, 0.1) is 0 Å². The summed E-state index contributed by atoms with van der Waals surface area (Å²) in [6.45, 7) is 2.19. The normalized spacial score (nSPS) is 12.7. The molecule has 2 heteroatoms. The van der Waals surface area contributed by atoms with Crippen LogP contribution in [0.25, 0.3) is 0 Å². The maximum absolute atomic E-state index is 12.6. The van der Waals surface area contributed by atoms with Gasteiger partial charge in [-0.25, -0.2) is 4.39 Å². The van der Waals surface area contributed by atoms with Crippen molar-refractivity contribution in [2.75, 3.05) is 7.05 Å². The fourth-order valence-corrected chi connectivity index (χ4v) is 1.76. The molecule has 1 nitrogen and oxygen atoms in total. The number of halogens is 1. The van der Waals surface area contributed by atoms with E-state index in [0.29, 0.717) is 6.04 Å². The van der Waals surface area contributed by atoms with Crippen molar-refractivity contribution in [3.8, 4) is 0 Å². The van der Waals surface area contributed by atoms with Gasteiger partial charge in [0.2, 0.25) is 0 Å². The lowest BCUT2D eigenvalue weighted by atomic mass is 10.0. The molecule has 0 fully saturated rings. The first-order valence-electron chi connectivity index (χ1n) is 5.68. The summed E-state index contributed by atoms with van der Waals surface area (Å²) in [6.07, 6.45) is 4.55. The van der Waals surface area contributed by atoms with Crippen molar-refractivity contribution in [2.45, 2.75) is 38.6 Å². The summed E-state index contributed by atoms with van der Waals surface area (Å²) in [5.74, 6) is -0.152. The van der Waals surface area contributed by atoms with Crippen molar-refractivity contribution in [3.63, 3.8) is 0 Å². The molecule has 1 aromatic carbocycles. The highest BCUT2D eigenvalue weighted by atomic mass is 19.1. The van der Waals surface area contributed by atoms with Crippen molar-refractivity contribution < 1.29 is 4.39 Å². The first-order chi connectivity index (χ1) is 7.26. The summed E-state index contributed by atoms with van der Waals surface area (Å²) in [4.78, 5) is 0. The van der Waals surface area contributed by atoms with Gasteiger partial charge in [-0.3, -0.25) is 0 Å². The molecule has 84 valence electrons. The van der Waals surface area contributed by atoms with Crippen LogP contribution in [-0.4, -0.2) is 13.1 Å². The summed E-state index contributed by atoms with van der Waals surface area (Å²) in [7, 11) is 2.01. The van der Waals surface area contributed by atoms with Crippen LogP contribution < -0.4 is 5.32 Å². The largest absolute Gasteiger partial charge is 0.317 e. The zero-order valence-electron chi connectivity index (χ0n) is 9.59. The van der Waals surface area contributed by atoms with Gasteiger partial charge >= 0.3 is 0 Å². The third kappa shape index (κ3) is 4.43. The summed E-state index contributed by atoms with van der Waals surface area (Å²) in [5.41, 5.74) is 1.22. The summed E-state index contributed by atoms with van der Waals surface area (Å²) >= 11 is 0. The molecular weight excluding hydrogens is 189 g/mol. The Kier molecular flexibility index (Phi) is 5.33. The van der Waals surface area contributed by atoms with E-state index in [-0.39, 0.29) is 5.82 Å². The van der Waals surface area contributed by atoms with Crippen LogP contribution in [0.5, 0.6) is 0 Å². The minimum absolute atomic E-state index is 0.152. The van der Waals surface area contributed by atoms with Crippen LogP contribution in [0.1, 0.15) is 31.7 Å². The van der Waals surface area contributed by atoms with Crippen LogP contribution in [0.2, 0.25) is 0 Å². The Morgan fingerprint density at radius 2 is 1.93 bits per heavy atom. The Labute approximate surface area is 91.7 Å². The maximum Gasteiger partial charge on any atom is 0.123 e. The Bertz CT molecular complexity index is 264. The molecule has 1 aromatic rings. The van der Waals surface area contributed by atoms with Gasteiger partial charge in [-0.15, -0.1) is 0 Å². The highest BCUT2D eigenvalue weighted by Gasteiger charge is 2.02. The Balaban J connectivity index is 2.28. The SMILES string of the molecule is CCC(CCCc1ccc(F)cc1)NC. The molecule has 0 aliphatic carbocycles. The second-order valence-electron chi connectivity index (χ2n) is 3.91. The molecule has 15 heavy (non-hydrogen) atoms. The highest BCUT2D eigenvalue weighted by Crippen LogP contribution is 2.09. The number of nitrogens with one attached hydrogen (secondary N) is 1. The minimum Gasteiger partial charge on any atom is -0.317 e. The van der Waals surface area contributed by atoms with Crippen LogP contribution in [0, 0.1) is 5.82 Å². The van der Waals surface area contributed by atoms with Gasteiger partial charge in [0.1, 0.15) is 5.82 Å². The minimum atomic E-state index is -0.152. The quantitative estimate of drug-likeness (QED) is 0.759. The van der Waals surface area contributed by atoms with Gasteiger partial charge in [-0.2, -0.15) is 0 Å². The molecule has 1 unspecified atom stereocenters. The lowest BCUT2D eigenvalue weighted by Crippen LogP contribution is -2.23. The maximum atomic E-state index is 12.6. The van der Waals surface area contributed by atoms with Crippen molar-refractivity contribution in [3.05, 3.63) is 35.6 Å². The number of aryl methyl sites for hydroxylation is 1. The number of hydrogen-bond donors (Lipinski definition) is 1. The van der Waals surface area contributed by atoms with E-state index >= 15 is 0 Å². The van der Waals surface area contributed by atoms with E-state index in [1.807, 2.05) is 19.2 Å². The van der Waals surface area contributed by atoms with Crippen LogP contribution >= 0.6 is 0 Å². The first-order valence-corrected chi connectivity index (χ1v) is 5.68. The Morgan fingerprint density at radius 3 is 2.47 bits per heavy atom. The van der Waals surface area contributed by atoms with Crippen molar-refractivity contribution >= 4 is 0 Å². The molecule has 0 radical (unpaired) electrons. The molecule has 1 rings (SSSR count). The molecule has 0 amide bonds. The van der Waals surface area contributed by atoms with Crippen LogP contribution in [-0.2, 0) is 6.42 Å². The molecule has 0 aliphatic heterocycles. The number of hydrogen-bond acceptors (Lipinski definition) is 1. The molecule has 0 aliphatic rings. The highest BCUT2D eigenvalue weighted by molar-refractivity contribution is 5.15. The lowest BCUT2D eigenvalue weighted by molar-refractivity contribution is 0.491. The molecular formula is C13H20FN. The van der Waals surface area contributed by atoms with E-state index in [0.717, 1.165) is 12.8 Å². The fourth-order valence-electron chi connectivity index (χ4n) is 1.76. The average Bonchev–Trinajstić information content (AvgIpc) is 2.27. The zero-order chi connectivity index (χ0) is 11.1. The average molecular weight is 209 g/mol. The molecule has 0 spiro atoms. The van der Waals surface area contributed by atoms with Gasteiger partial charge < -0.3 is 5.32 Å². The van der Waals surface area contributed by atoms with Gasteiger partial charge in [-0.1, -0.05) is 19.1 Å². The topological polar surface area (TPSA) is 12.0 Å². The summed E-state index contributed by atoms with van der Waals surface area (Å²) in [6, 6.07) is 7.42. The molecule has 0 aromatic heterocycles. The lowest BCUT2D eigenvalue weighted by Gasteiger charge is -2.12. The zero-order valence-corrected chi connectivity index (χ0v) is 9.59. The van der Waals surface area contributed by atoms with Crippen LogP contribution in [0.15, 0.2) is 24.3 Å². The number of rotatable bonds is 6. The molecule has 0 saturated heterocycles. The van der Waals surface area contributed by atoms with Crippen LogP contribution in [0.3, 0.4) is 0 Å². The van der Waals surface area contributed by atoms with E-state index in [1.54, 1.807) is 0 Å². The predicted molar refractivity (Wildman–Crippen MR) is 62.5 cm³/mol. The first kappa shape index (κ1) is 12.2. The number of benzene rings is 1. The molecule has 0 saturated carbocycles. The molecule has 0 bridgehead atoms. The van der Waals surface area contributed by atoms with Crippen LogP contribution in [0.4, 0.5) is 4.39 Å². The third-order valence-electron chi connectivity index (χ3n) is 2.83. The molecule has 0 heterocycles. The summed E-state index contributed by atoms with van der Waals surface area (Å²) < 4.78 is 12.6. The Hall–Kier alpha value is -0.890. The monoisotopic (exact) mass is 209 g/mol. The van der Waals surface area contributed by atoms with Gasteiger partial charge in [0.25, 0.3) is 0 Å². The van der Waals surface area contributed by atoms with Crippen molar-refractivity contribution in [1.82, 2.24) is 5.32 Å². The van der Waals surface area contributed by atoms with E-state index in [9.17, 15) is 4.39 Å². The third-order valence-corrected chi connectivity index (χ3v) is 2.83. The second-order valence-corrected chi connectivity index (χ2v) is 3.91. The molecule has 1 atom stereocenters. The summed E-state index contributed by atoms with van der Waals surface area (Å²) in [5, 5.41) is 3.29. The van der Waals surface area contributed by atoms with Gasteiger partial charge in [0, 0.05) is 6.04 Å². The van der Waals surface area contributed by atoms with Crippen molar-refractivity contribution in [2.24, 2.45) is 0 Å².